The van der Waals surface area contributed by atoms with E-state index in [2.05, 4.69) is 15.7 Å². The number of hydrazine groups is 1. The Morgan fingerprint density at radius 2 is 1.75 bits per heavy atom. The summed E-state index contributed by atoms with van der Waals surface area (Å²) in [7, 11) is 3.22. The number of allylic oxidation sites excluding steroid dienone is 2. The van der Waals surface area contributed by atoms with Gasteiger partial charge in [-0.15, -0.1) is 0 Å². The zero-order valence-corrected chi connectivity index (χ0v) is 18.4. The number of methoxy groups -OCH3 is 2. The molecule has 2 heterocycles. The van der Waals surface area contributed by atoms with Crippen LogP contribution in [0.15, 0.2) is 53.2 Å². The fourth-order valence-electron chi connectivity index (χ4n) is 3.76. The average Bonchev–Trinajstić information content (AvgIpc) is 3.01. The van der Waals surface area contributed by atoms with Gasteiger partial charge in [-0.2, -0.15) is 0 Å². The van der Waals surface area contributed by atoms with Crippen LogP contribution in [0.3, 0.4) is 0 Å². The molecule has 1 saturated heterocycles. The number of hydrogen-bond acceptors (Lipinski definition) is 6. The van der Waals surface area contributed by atoms with Crippen LogP contribution in [0.4, 0.5) is 16.2 Å². The van der Waals surface area contributed by atoms with Gasteiger partial charge in [0.1, 0.15) is 11.5 Å². The molecule has 1 fully saturated rings. The highest BCUT2D eigenvalue weighted by atomic mass is 16.5. The standard InChI is InChI=1S/C24H28N4O4.2H2/c1-30-22-15-17-14-20(10-11-25-21(17)16-23(22)31-2)32-19-8-6-18(7-9-19)26-24(29)27-28-12-4-3-5-13-28;;/h6-11,15-16H,3-5,12-14H2,1-2H3,(H2,26,27,29);2*1H. The molecule has 32 heavy (non-hydrogen) atoms. The van der Waals surface area contributed by atoms with Crippen LogP contribution in [0, 0.1) is 0 Å². The second-order valence-electron chi connectivity index (χ2n) is 7.66. The van der Waals surface area contributed by atoms with Gasteiger partial charge in [-0.1, -0.05) is 6.42 Å². The summed E-state index contributed by atoms with van der Waals surface area (Å²) < 4.78 is 16.8. The number of urea groups is 1. The summed E-state index contributed by atoms with van der Waals surface area (Å²) in [6.45, 7) is 1.78. The van der Waals surface area contributed by atoms with E-state index in [0.717, 1.165) is 42.9 Å². The molecule has 2 aliphatic rings. The highest BCUT2D eigenvalue weighted by Gasteiger charge is 2.15. The van der Waals surface area contributed by atoms with Crippen LogP contribution in [-0.2, 0) is 6.42 Å². The molecule has 0 spiro atoms. The number of amides is 2. The fraction of sp³-hybridized carbons (Fsp3) is 0.333. The lowest BCUT2D eigenvalue weighted by Gasteiger charge is -2.26. The Morgan fingerprint density at radius 1 is 1.03 bits per heavy atom. The van der Waals surface area contributed by atoms with Crippen LogP contribution in [0.1, 0.15) is 27.7 Å². The molecular formula is C24H32N4O4. The minimum Gasteiger partial charge on any atom is -0.493 e. The van der Waals surface area contributed by atoms with Gasteiger partial charge in [-0.05, 0) is 54.8 Å². The number of carbonyl (C=O) groups is 1. The van der Waals surface area contributed by atoms with Crippen LogP contribution in [0.2, 0.25) is 0 Å². The van der Waals surface area contributed by atoms with Crippen molar-refractivity contribution < 1.29 is 21.9 Å². The van der Waals surface area contributed by atoms with Crippen LogP contribution >= 0.6 is 0 Å². The molecule has 2 amide bonds. The van der Waals surface area contributed by atoms with E-state index in [1.165, 1.54) is 6.42 Å². The molecule has 0 atom stereocenters. The minimum atomic E-state index is -0.232. The molecule has 2 aliphatic heterocycles. The zero-order valence-electron chi connectivity index (χ0n) is 18.4. The van der Waals surface area contributed by atoms with E-state index >= 15 is 0 Å². The molecule has 2 aromatic carbocycles. The lowest BCUT2D eigenvalue weighted by Crippen LogP contribution is -2.46. The molecule has 4 rings (SSSR count). The largest absolute Gasteiger partial charge is 0.493 e. The van der Waals surface area contributed by atoms with Crippen LogP contribution in [0.25, 0.3) is 0 Å². The molecular weight excluding hydrogens is 408 g/mol. The summed E-state index contributed by atoms with van der Waals surface area (Å²) >= 11 is 0. The van der Waals surface area contributed by atoms with Gasteiger partial charge in [-0.25, -0.2) is 9.80 Å². The molecule has 0 aliphatic carbocycles. The van der Waals surface area contributed by atoms with Gasteiger partial charge in [0.05, 0.1) is 19.9 Å². The minimum absolute atomic E-state index is 0. The van der Waals surface area contributed by atoms with Crippen LogP contribution in [0.5, 0.6) is 17.2 Å². The van der Waals surface area contributed by atoms with Gasteiger partial charge in [0, 0.05) is 40.3 Å². The van der Waals surface area contributed by atoms with E-state index in [4.69, 9.17) is 14.2 Å². The molecule has 0 unspecified atom stereocenters. The Morgan fingerprint density at radius 3 is 2.47 bits per heavy atom. The van der Waals surface area contributed by atoms with Gasteiger partial charge in [0.15, 0.2) is 11.5 Å². The smallest absolute Gasteiger partial charge is 0.333 e. The van der Waals surface area contributed by atoms with Crippen molar-refractivity contribution in [3.8, 4) is 17.2 Å². The maximum atomic E-state index is 12.2. The molecule has 0 bridgehead atoms. The Balaban J connectivity index is 0.00000204. The Hall–Kier alpha value is -3.52. The van der Waals surface area contributed by atoms with Gasteiger partial charge in [0.25, 0.3) is 0 Å². The van der Waals surface area contributed by atoms with Crippen molar-refractivity contribution >= 4 is 23.6 Å². The molecule has 172 valence electrons. The van der Waals surface area contributed by atoms with Crippen molar-refractivity contribution in [1.82, 2.24) is 10.4 Å². The first kappa shape index (κ1) is 21.7. The number of ether oxygens (including phenoxy) is 3. The second kappa shape index (κ2) is 10.2. The summed E-state index contributed by atoms with van der Waals surface area (Å²) in [5.74, 6) is 2.72. The van der Waals surface area contributed by atoms with Gasteiger partial charge < -0.3 is 19.5 Å². The number of rotatable bonds is 6. The molecule has 0 radical (unpaired) electrons. The van der Waals surface area contributed by atoms with E-state index in [1.54, 1.807) is 20.4 Å². The normalized spacial score (nSPS) is 15.8. The maximum absolute atomic E-state index is 12.2. The molecule has 2 N–H and O–H groups in total. The topological polar surface area (TPSA) is 84.4 Å². The third-order valence-electron chi connectivity index (χ3n) is 5.40. The predicted octanol–water partition coefficient (Wildman–Crippen LogP) is 4.94. The van der Waals surface area contributed by atoms with E-state index in [1.807, 2.05) is 47.5 Å². The Bertz CT molecular complexity index is 1020. The highest BCUT2D eigenvalue weighted by molar-refractivity contribution is 5.88. The molecule has 8 heteroatoms. The van der Waals surface area contributed by atoms with Crippen molar-refractivity contribution in [1.29, 1.82) is 0 Å². The third kappa shape index (κ3) is 5.39. The quantitative estimate of drug-likeness (QED) is 0.665. The summed E-state index contributed by atoms with van der Waals surface area (Å²) in [5.41, 5.74) is 5.39. The molecule has 0 aromatic heterocycles. The summed E-state index contributed by atoms with van der Waals surface area (Å²) in [4.78, 5) is 16.7. The van der Waals surface area contributed by atoms with Crippen molar-refractivity contribution in [2.24, 2.45) is 4.99 Å². The van der Waals surface area contributed by atoms with E-state index < -0.39 is 0 Å². The van der Waals surface area contributed by atoms with Crippen LogP contribution in [-0.4, -0.2) is 44.6 Å². The monoisotopic (exact) mass is 440 g/mol. The first-order valence-electron chi connectivity index (χ1n) is 10.7. The number of nitrogens with zero attached hydrogens (tertiary/aromatic N) is 2. The Labute approximate surface area is 190 Å². The number of benzene rings is 2. The second-order valence-corrected chi connectivity index (χ2v) is 7.66. The average molecular weight is 441 g/mol. The number of fused-ring (bicyclic) bond motifs is 1. The maximum Gasteiger partial charge on any atom is 0.333 e. The fourth-order valence-corrected chi connectivity index (χ4v) is 3.76. The highest BCUT2D eigenvalue weighted by Crippen LogP contribution is 2.36. The summed E-state index contributed by atoms with van der Waals surface area (Å²) in [5, 5.41) is 4.81. The van der Waals surface area contributed by atoms with E-state index in [-0.39, 0.29) is 8.88 Å². The first-order valence-corrected chi connectivity index (χ1v) is 10.7. The number of hydrogen-bond donors (Lipinski definition) is 2. The number of nitrogens with one attached hydrogen (secondary N) is 2. The number of aliphatic imine (C=N–C) groups is 1. The van der Waals surface area contributed by atoms with Gasteiger partial charge in [0.2, 0.25) is 0 Å². The number of piperidine rings is 1. The predicted molar refractivity (Wildman–Crippen MR) is 128 cm³/mol. The summed E-state index contributed by atoms with van der Waals surface area (Å²) in [6.07, 6.45) is 7.56. The van der Waals surface area contributed by atoms with Crippen LogP contribution < -0.4 is 25.0 Å². The number of carbonyl (C=O) groups excluding carboxylic acids is 1. The van der Waals surface area contributed by atoms with Crippen molar-refractivity contribution in [3.63, 3.8) is 0 Å². The molecule has 0 saturated carbocycles. The summed E-state index contributed by atoms with van der Waals surface area (Å²) in [6, 6.07) is 10.8. The van der Waals surface area contributed by atoms with Crippen molar-refractivity contribution in [2.45, 2.75) is 25.7 Å². The molecule has 2 aromatic rings. The third-order valence-corrected chi connectivity index (χ3v) is 5.40. The van der Waals surface area contributed by atoms with E-state index in [9.17, 15) is 4.79 Å². The van der Waals surface area contributed by atoms with Crippen molar-refractivity contribution in [3.05, 3.63) is 53.8 Å². The SMILES string of the molecule is COc1cc2c(cc1OC)N=CC=C(Oc1ccc(NC(=O)NN3CCCCC3)cc1)C2.[HH].[HH]. The van der Waals surface area contributed by atoms with E-state index in [0.29, 0.717) is 29.4 Å². The lowest BCUT2D eigenvalue weighted by atomic mass is 10.1. The zero-order chi connectivity index (χ0) is 22.3. The number of anilines is 1. The lowest BCUT2D eigenvalue weighted by molar-refractivity contribution is 0.162. The van der Waals surface area contributed by atoms with Crippen molar-refractivity contribution in [2.75, 3.05) is 32.6 Å². The first-order chi connectivity index (χ1) is 15.6. The van der Waals surface area contributed by atoms with Gasteiger partial charge in [-0.3, -0.25) is 10.4 Å². The Kier molecular flexibility index (Phi) is 6.91. The molecule has 8 nitrogen and oxygen atoms in total. The van der Waals surface area contributed by atoms with Gasteiger partial charge >= 0.3 is 6.03 Å².